The lowest BCUT2D eigenvalue weighted by Gasteiger charge is -2.21. The summed E-state index contributed by atoms with van der Waals surface area (Å²) in [5.74, 6) is -5.72. The molecule has 1 atom stereocenters. The fourth-order valence-electron chi connectivity index (χ4n) is 2.77. The maximum Gasteiger partial charge on any atom is 0.318 e. The molecule has 1 unspecified atom stereocenters. The Morgan fingerprint density at radius 1 is 0.964 bits per heavy atom. The van der Waals surface area contributed by atoms with Crippen LogP contribution in [0.5, 0.6) is 5.75 Å². The first-order valence-corrected chi connectivity index (χ1v) is 8.67. The summed E-state index contributed by atoms with van der Waals surface area (Å²) in [7, 11) is 1.48. The van der Waals surface area contributed by atoms with Crippen molar-refractivity contribution in [1.82, 2.24) is 0 Å². The van der Waals surface area contributed by atoms with Crippen LogP contribution in [0.1, 0.15) is 28.3 Å². The Kier molecular flexibility index (Phi) is 7.54. The Hall–Kier alpha value is -2.90. The van der Waals surface area contributed by atoms with Crippen LogP contribution >= 0.6 is 11.6 Å². The van der Waals surface area contributed by atoms with Crippen molar-refractivity contribution in [1.29, 1.82) is 0 Å². The maximum atomic E-state index is 12.7. The zero-order chi connectivity index (χ0) is 20.7. The molecule has 0 aliphatic heterocycles. The molecule has 2 aromatic rings. The highest BCUT2D eigenvalue weighted by Crippen LogP contribution is 2.31. The molecule has 0 saturated heterocycles. The first-order valence-electron chi connectivity index (χ1n) is 8.29. The van der Waals surface area contributed by atoms with Crippen molar-refractivity contribution in [2.45, 2.75) is 12.3 Å². The van der Waals surface area contributed by atoms with Crippen molar-refractivity contribution >= 4 is 29.3 Å². The number of carbonyl (C=O) groups is 3. The predicted octanol–water partition coefficient (Wildman–Crippen LogP) is 3.46. The Morgan fingerprint density at radius 2 is 1.54 bits per heavy atom. The quantitative estimate of drug-likeness (QED) is 0.353. The highest BCUT2D eigenvalue weighted by atomic mass is 35.5. The van der Waals surface area contributed by atoms with Crippen LogP contribution in [-0.4, -0.2) is 41.8 Å². The normalized spacial score (nSPS) is 11.8. The summed E-state index contributed by atoms with van der Waals surface area (Å²) in [5.41, 5.74) is 0.728. The van der Waals surface area contributed by atoms with Gasteiger partial charge in [0.05, 0.1) is 0 Å². The summed E-state index contributed by atoms with van der Waals surface area (Å²) in [6.45, 7) is 0.0604. The van der Waals surface area contributed by atoms with Gasteiger partial charge < -0.3 is 19.7 Å². The second-order valence-electron chi connectivity index (χ2n) is 6.01. The fraction of sp³-hybridized carbons (Fsp3) is 0.250. The Bertz CT molecular complexity index is 817. The van der Waals surface area contributed by atoms with Crippen molar-refractivity contribution < 1.29 is 34.1 Å². The molecule has 2 aromatic carbocycles. The SMILES string of the molecule is COCOc1ccc(C(=O)CC(c2ccc(Cl)cc2)C(C(=O)O)C(=O)O)cc1. The zero-order valence-corrected chi connectivity index (χ0v) is 15.8. The Morgan fingerprint density at radius 3 is 2.04 bits per heavy atom. The predicted molar refractivity (Wildman–Crippen MR) is 101 cm³/mol. The molecule has 0 amide bonds. The molecule has 0 aromatic heterocycles. The molecular weight excluding hydrogens is 388 g/mol. The molecule has 148 valence electrons. The number of methoxy groups -OCH3 is 1. The van der Waals surface area contributed by atoms with Gasteiger partial charge in [-0.3, -0.25) is 14.4 Å². The van der Waals surface area contributed by atoms with Crippen LogP contribution in [0.25, 0.3) is 0 Å². The van der Waals surface area contributed by atoms with Crippen molar-refractivity contribution in [2.24, 2.45) is 5.92 Å². The van der Waals surface area contributed by atoms with Gasteiger partial charge in [-0.1, -0.05) is 23.7 Å². The highest BCUT2D eigenvalue weighted by Gasteiger charge is 2.37. The second kappa shape index (κ2) is 9.87. The van der Waals surface area contributed by atoms with Gasteiger partial charge in [-0.2, -0.15) is 0 Å². The summed E-state index contributed by atoms with van der Waals surface area (Å²) in [6.07, 6.45) is -0.289. The molecular formula is C20H19ClO7. The minimum Gasteiger partial charge on any atom is -0.481 e. The lowest BCUT2D eigenvalue weighted by atomic mass is 9.81. The number of halogens is 1. The monoisotopic (exact) mass is 406 g/mol. The number of ketones is 1. The zero-order valence-electron chi connectivity index (χ0n) is 15.0. The number of ether oxygens (including phenoxy) is 2. The molecule has 0 aliphatic rings. The van der Waals surface area contributed by atoms with E-state index in [2.05, 4.69) is 0 Å². The average molecular weight is 407 g/mol. The average Bonchev–Trinajstić information content (AvgIpc) is 2.66. The topological polar surface area (TPSA) is 110 Å². The molecule has 8 heteroatoms. The van der Waals surface area contributed by atoms with Gasteiger partial charge >= 0.3 is 11.9 Å². The number of carboxylic acid groups (broad SMARTS) is 2. The van der Waals surface area contributed by atoms with Crippen molar-refractivity contribution in [3.05, 3.63) is 64.7 Å². The number of hydrogen-bond acceptors (Lipinski definition) is 5. The fourth-order valence-corrected chi connectivity index (χ4v) is 2.90. The molecule has 0 heterocycles. The molecule has 0 radical (unpaired) electrons. The number of carboxylic acids is 2. The van der Waals surface area contributed by atoms with Crippen molar-refractivity contribution in [3.8, 4) is 5.75 Å². The second-order valence-corrected chi connectivity index (χ2v) is 6.45. The van der Waals surface area contributed by atoms with E-state index in [0.29, 0.717) is 21.9 Å². The molecule has 2 rings (SSSR count). The molecule has 0 bridgehead atoms. The highest BCUT2D eigenvalue weighted by molar-refractivity contribution is 6.30. The molecule has 0 fully saturated rings. The summed E-state index contributed by atoms with van der Waals surface area (Å²) >= 11 is 5.85. The first kappa shape index (κ1) is 21.4. The van der Waals surface area contributed by atoms with Crippen LogP contribution in [0.4, 0.5) is 0 Å². The molecule has 7 nitrogen and oxygen atoms in total. The van der Waals surface area contributed by atoms with Gasteiger partial charge in [0, 0.05) is 30.0 Å². The van der Waals surface area contributed by atoms with Gasteiger partial charge in [-0.15, -0.1) is 0 Å². The minimum atomic E-state index is -1.77. The van der Waals surface area contributed by atoms with Crippen LogP contribution in [0.15, 0.2) is 48.5 Å². The molecule has 0 spiro atoms. The van der Waals surface area contributed by atoms with Crippen molar-refractivity contribution in [2.75, 3.05) is 13.9 Å². The van der Waals surface area contributed by atoms with E-state index in [4.69, 9.17) is 21.1 Å². The van der Waals surface area contributed by atoms with E-state index in [-0.39, 0.29) is 19.0 Å². The van der Waals surface area contributed by atoms with Gasteiger partial charge in [0.2, 0.25) is 0 Å². The number of aliphatic carboxylic acids is 2. The summed E-state index contributed by atoms with van der Waals surface area (Å²) in [6, 6.07) is 12.3. The number of carbonyl (C=O) groups excluding carboxylic acids is 1. The first-order chi connectivity index (χ1) is 13.3. The van der Waals surface area contributed by atoms with Gasteiger partial charge in [-0.25, -0.2) is 0 Å². The molecule has 0 saturated carbocycles. The van der Waals surface area contributed by atoms with Gasteiger partial charge in [0.1, 0.15) is 5.75 Å². The van der Waals surface area contributed by atoms with E-state index in [1.165, 1.54) is 43.5 Å². The number of Topliss-reactive ketones (excluding diaryl/α,β-unsaturated/α-hetero) is 1. The van der Waals surface area contributed by atoms with Crippen LogP contribution in [-0.2, 0) is 14.3 Å². The van der Waals surface area contributed by atoms with Gasteiger partial charge in [0.25, 0.3) is 0 Å². The van der Waals surface area contributed by atoms with E-state index in [9.17, 15) is 24.6 Å². The summed E-state index contributed by atoms with van der Waals surface area (Å²) < 4.78 is 10.0. The van der Waals surface area contributed by atoms with Crippen LogP contribution in [0, 0.1) is 5.92 Å². The third-order valence-corrected chi connectivity index (χ3v) is 4.41. The lowest BCUT2D eigenvalue weighted by molar-refractivity contribution is -0.155. The number of rotatable bonds is 10. The van der Waals surface area contributed by atoms with Crippen LogP contribution < -0.4 is 4.74 Å². The van der Waals surface area contributed by atoms with Gasteiger partial charge in [-0.05, 0) is 42.0 Å². The maximum absolute atomic E-state index is 12.7. The minimum absolute atomic E-state index is 0.0604. The Labute approximate surface area is 166 Å². The third kappa shape index (κ3) is 5.55. The van der Waals surface area contributed by atoms with Crippen LogP contribution in [0.2, 0.25) is 5.02 Å². The smallest absolute Gasteiger partial charge is 0.318 e. The molecule has 28 heavy (non-hydrogen) atoms. The standard InChI is InChI=1S/C20H19ClO7/c1-27-11-28-15-8-4-13(5-9-15)17(22)10-16(18(19(23)24)20(25)26)12-2-6-14(21)7-3-12/h2-9,16,18H,10-11H2,1H3,(H,23,24)(H,25,26). The lowest BCUT2D eigenvalue weighted by Crippen LogP contribution is -2.31. The molecule has 2 N–H and O–H groups in total. The van der Waals surface area contributed by atoms with Crippen LogP contribution in [0.3, 0.4) is 0 Å². The third-order valence-electron chi connectivity index (χ3n) is 4.16. The van der Waals surface area contributed by atoms with E-state index in [1.807, 2.05) is 0 Å². The number of benzene rings is 2. The number of hydrogen-bond donors (Lipinski definition) is 2. The largest absolute Gasteiger partial charge is 0.481 e. The van der Waals surface area contributed by atoms with Crippen molar-refractivity contribution in [3.63, 3.8) is 0 Å². The summed E-state index contributed by atoms with van der Waals surface area (Å²) in [4.78, 5) is 35.8. The Balaban J connectivity index is 2.28. The van der Waals surface area contributed by atoms with E-state index in [1.54, 1.807) is 12.1 Å². The molecule has 0 aliphatic carbocycles. The van der Waals surface area contributed by atoms with E-state index < -0.39 is 23.8 Å². The van der Waals surface area contributed by atoms with E-state index >= 15 is 0 Å². The van der Waals surface area contributed by atoms with Gasteiger partial charge in [0.15, 0.2) is 18.5 Å². The summed E-state index contributed by atoms with van der Waals surface area (Å²) in [5, 5.41) is 19.2. The van der Waals surface area contributed by atoms with E-state index in [0.717, 1.165) is 0 Å².